The van der Waals surface area contributed by atoms with Gasteiger partial charge < -0.3 is 10.2 Å². The van der Waals surface area contributed by atoms with Gasteiger partial charge in [-0.15, -0.1) is 0 Å². The highest BCUT2D eigenvalue weighted by Crippen LogP contribution is 2.27. The summed E-state index contributed by atoms with van der Waals surface area (Å²) in [6.07, 6.45) is 1.96. The molecule has 18 heavy (non-hydrogen) atoms. The summed E-state index contributed by atoms with van der Waals surface area (Å²) in [5, 5.41) is 3.20. The summed E-state index contributed by atoms with van der Waals surface area (Å²) in [6, 6.07) is 5.01. The zero-order valence-electron chi connectivity index (χ0n) is 12.8. The van der Waals surface area contributed by atoms with Crippen molar-refractivity contribution < 1.29 is 0 Å². The average molecular weight is 249 g/mol. The van der Waals surface area contributed by atoms with Gasteiger partial charge in [0.05, 0.1) is 17.6 Å². The molecule has 1 N–H and O–H groups in total. The fraction of sp³-hybridized carbons (Fsp3) is 0.667. The third-order valence-corrected chi connectivity index (χ3v) is 3.89. The van der Waals surface area contributed by atoms with Crippen LogP contribution in [-0.4, -0.2) is 25.1 Å². The van der Waals surface area contributed by atoms with Crippen LogP contribution in [0.1, 0.15) is 46.4 Å². The van der Waals surface area contributed by atoms with E-state index in [-0.39, 0.29) is 5.41 Å². The first kappa shape index (κ1) is 15.0. The highest BCUT2D eigenvalue weighted by atomic mass is 15.1. The predicted molar refractivity (Wildman–Crippen MR) is 79.0 cm³/mol. The van der Waals surface area contributed by atoms with Gasteiger partial charge in [0.15, 0.2) is 0 Å². The first-order valence-electron chi connectivity index (χ1n) is 6.63. The highest BCUT2D eigenvalue weighted by Gasteiger charge is 2.24. The largest absolute Gasteiger partial charge is 0.370 e. The molecule has 102 valence electrons. The highest BCUT2D eigenvalue weighted by molar-refractivity contribution is 5.45. The van der Waals surface area contributed by atoms with Gasteiger partial charge in [0.1, 0.15) is 0 Å². The van der Waals surface area contributed by atoms with Crippen LogP contribution in [-0.2, 0) is 0 Å². The maximum absolute atomic E-state index is 4.53. The number of nitrogens with one attached hydrogen (secondary N) is 1. The Labute approximate surface area is 112 Å². The summed E-state index contributed by atoms with van der Waals surface area (Å²) in [4.78, 5) is 6.82. The lowest BCUT2D eigenvalue weighted by Crippen LogP contribution is -2.39. The standard InChI is InChI=1S/C15H27N3/c1-11(16-6)14-9-8-13(10-17-14)18(7)12(2)15(3,4)5/h8-12,16H,1-7H3. The third kappa shape index (κ3) is 3.45. The molecular formula is C15H27N3. The minimum absolute atomic E-state index is 0.256. The molecule has 1 heterocycles. The fourth-order valence-electron chi connectivity index (χ4n) is 1.81. The monoisotopic (exact) mass is 249 g/mol. The molecule has 3 nitrogen and oxygen atoms in total. The molecule has 0 saturated carbocycles. The normalized spacial score (nSPS) is 15.3. The lowest BCUT2D eigenvalue weighted by atomic mass is 9.87. The van der Waals surface area contributed by atoms with Crippen LogP contribution in [0, 0.1) is 5.41 Å². The summed E-state index contributed by atoms with van der Waals surface area (Å²) in [5.74, 6) is 0. The van der Waals surface area contributed by atoms with Gasteiger partial charge in [-0.05, 0) is 38.4 Å². The third-order valence-electron chi connectivity index (χ3n) is 3.89. The van der Waals surface area contributed by atoms with Crippen LogP contribution in [0.25, 0.3) is 0 Å². The molecule has 3 heteroatoms. The number of aromatic nitrogens is 1. The van der Waals surface area contributed by atoms with Crippen molar-refractivity contribution in [3.05, 3.63) is 24.0 Å². The summed E-state index contributed by atoms with van der Waals surface area (Å²) in [7, 11) is 4.09. The van der Waals surface area contributed by atoms with Gasteiger partial charge >= 0.3 is 0 Å². The van der Waals surface area contributed by atoms with Crippen molar-refractivity contribution in [1.29, 1.82) is 0 Å². The topological polar surface area (TPSA) is 28.2 Å². The van der Waals surface area contributed by atoms with Crippen LogP contribution in [0.3, 0.4) is 0 Å². The minimum atomic E-state index is 0.256. The van der Waals surface area contributed by atoms with Gasteiger partial charge in [-0.1, -0.05) is 20.8 Å². The molecule has 0 spiro atoms. The molecular weight excluding hydrogens is 222 g/mol. The maximum Gasteiger partial charge on any atom is 0.0571 e. The van der Waals surface area contributed by atoms with Crippen LogP contribution in [0.2, 0.25) is 0 Å². The Kier molecular flexibility index (Phi) is 4.74. The van der Waals surface area contributed by atoms with E-state index in [4.69, 9.17) is 0 Å². The van der Waals surface area contributed by atoms with E-state index in [1.165, 1.54) is 5.69 Å². The van der Waals surface area contributed by atoms with E-state index < -0.39 is 0 Å². The van der Waals surface area contributed by atoms with Gasteiger partial charge in [-0.2, -0.15) is 0 Å². The Morgan fingerprint density at radius 1 is 1.22 bits per heavy atom. The number of nitrogens with zero attached hydrogens (tertiary/aromatic N) is 2. The fourth-order valence-corrected chi connectivity index (χ4v) is 1.81. The molecule has 0 aliphatic heterocycles. The number of rotatable bonds is 4. The number of anilines is 1. The molecule has 0 amide bonds. The van der Waals surface area contributed by atoms with Crippen LogP contribution in [0.5, 0.6) is 0 Å². The van der Waals surface area contributed by atoms with Gasteiger partial charge in [0, 0.05) is 19.1 Å². The molecule has 1 aromatic heterocycles. The number of hydrogen-bond acceptors (Lipinski definition) is 3. The molecule has 0 bridgehead atoms. The van der Waals surface area contributed by atoms with Gasteiger partial charge in [-0.3, -0.25) is 4.98 Å². The molecule has 1 rings (SSSR count). The van der Waals surface area contributed by atoms with Crippen LogP contribution >= 0.6 is 0 Å². The lowest BCUT2D eigenvalue weighted by Gasteiger charge is -2.36. The van der Waals surface area contributed by atoms with E-state index >= 15 is 0 Å². The zero-order valence-corrected chi connectivity index (χ0v) is 12.8. The molecule has 2 atom stereocenters. The first-order chi connectivity index (χ1) is 8.27. The molecule has 0 saturated heterocycles. The second kappa shape index (κ2) is 5.70. The van der Waals surface area contributed by atoms with Gasteiger partial charge in [-0.25, -0.2) is 0 Å². The molecule has 1 aromatic rings. The Balaban J connectivity index is 2.85. The van der Waals surface area contributed by atoms with Gasteiger partial charge in [0.25, 0.3) is 0 Å². The van der Waals surface area contributed by atoms with Crippen molar-refractivity contribution >= 4 is 5.69 Å². The second-order valence-electron chi connectivity index (χ2n) is 6.10. The molecule has 0 aliphatic rings. The van der Waals surface area contributed by atoms with Crippen molar-refractivity contribution in [2.75, 3.05) is 19.0 Å². The van der Waals surface area contributed by atoms with E-state index in [9.17, 15) is 0 Å². The van der Waals surface area contributed by atoms with Gasteiger partial charge in [0.2, 0.25) is 0 Å². The summed E-state index contributed by atoms with van der Waals surface area (Å²) < 4.78 is 0. The van der Waals surface area contributed by atoms with E-state index in [1.807, 2.05) is 13.2 Å². The molecule has 0 aliphatic carbocycles. The SMILES string of the molecule is CNC(C)c1ccc(N(C)C(C)C(C)(C)C)cn1. The van der Waals surface area contributed by atoms with E-state index in [2.05, 4.69) is 69.0 Å². The van der Waals surface area contributed by atoms with Crippen molar-refractivity contribution in [3.63, 3.8) is 0 Å². The van der Waals surface area contributed by atoms with E-state index in [1.54, 1.807) is 0 Å². The summed E-state index contributed by atoms with van der Waals surface area (Å²) >= 11 is 0. The summed E-state index contributed by atoms with van der Waals surface area (Å²) in [6.45, 7) is 11.2. The Morgan fingerprint density at radius 3 is 2.22 bits per heavy atom. The smallest absolute Gasteiger partial charge is 0.0571 e. The Morgan fingerprint density at radius 2 is 1.83 bits per heavy atom. The number of pyridine rings is 1. The minimum Gasteiger partial charge on any atom is -0.370 e. The number of hydrogen-bond donors (Lipinski definition) is 1. The van der Waals surface area contributed by atoms with Crippen molar-refractivity contribution in [1.82, 2.24) is 10.3 Å². The lowest BCUT2D eigenvalue weighted by molar-refractivity contribution is 0.329. The molecule has 2 unspecified atom stereocenters. The average Bonchev–Trinajstić information content (AvgIpc) is 2.35. The van der Waals surface area contributed by atoms with Crippen LogP contribution < -0.4 is 10.2 Å². The molecule has 0 aromatic carbocycles. The molecule has 0 radical (unpaired) electrons. The Hall–Kier alpha value is -1.09. The van der Waals surface area contributed by atoms with Crippen LogP contribution in [0.15, 0.2) is 18.3 Å². The molecule has 0 fully saturated rings. The van der Waals surface area contributed by atoms with Crippen molar-refractivity contribution in [2.45, 2.75) is 46.7 Å². The first-order valence-corrected chi connectivity index (χ1v) is 6.63. The van der Waals surface area contributed by atoms with E-state index in [0.29, 0.717) is 12.1 Å². The quantitative estimate of drug-likeness (QED) is 0.888. The zero-order chi connectivity index (χ0) is 13.9. The Bertz CT molecular complexity index is 364. The van der Waals surface area contributed by atoms with Crippen molar-refractivity contribution in [2.24, 2.45) is 5.41 Å². The van der Waals surface area contributed by atoms with Crippen molar-refractivity contribution in [3.8, 4) is 0 Å². The summed E-state index contributed by atoms with van der Waals surface area (Å²) in [5.41, 5.74) is 2.51. The van der Waals surface area contributed by atoms with Crippen LogP contribution in [0.4, 0.5) is 5.69 Å². The maximum atomic E-state index is 4.53. The second-order valence-corrected chi connectivity index (χ2v) is 6.10. The predicted octanol–water partition coefficient (Wildman–Crippen LogP) is 3.23. The van der Waals surface area contributed by atoms with E-state index in [0.717, 1.165) is 5.69 Å².